The van der Waals surface area contributed by atoms with Crippen molar-refractivity contribution < 1.29 is 4.39 Å². The highest BCUT2D eigenvalue weighted by Crippen LogP contribution is 2.35. The Labute approximate surface area is 120 Å². The summed E-state index contributed by atoms with van der Waals surface area (Å²) < 4.78 is 13.2. The lowest BCUT2D eigenvalue weighted by Crippen LogP contribution is -2.34. The highest BCUT2D eigenvalue weighted by atomic mass is 35.5. The van der Waals surface area contributed by atoms with E-state index in [1.807, 2.05) is 13.1 Å². The van der Waals surface area contributed by atoms with Crippen LogP contribution in [0.3, 0.4) is 0 Å². The van der Waals surface area contributed by atoms with Crippen LogP contribution in [0.2, 0.25) is 5.02 Å². The van der Waals surface area contributed by atoms with Gasteiger partial charge in [0, 0.05) is 6.04 Å². The van der Waals surface area contributed by atoms with Crippen LogP contribution in [0.5, 0.6) is 0 Å². The molecule has 3 atom stereocenters. The molecule has 0 aromatic heterocycles. The minimum absolute atomic E-state index is 0.227. The summed E-state index contributed by atoms with van der Waals surface area (Å²) in [6.45, 7) is 2.28. The molecule has 0 spiro atoms. The van der Waals surface area contributed by atoms with Gasteiger partial charge < -0.3 is 5.32 Å². The van der Waals surface area contributed by atoms with Gasteiger partial charge in [-0.2, -0.15) is 0 Å². The number of likely N-dealkylation sites (N-methyl/N-ethyl adjacent to an activating group) is 1. The van der Waals surface area contributed by atoms with Crippen LogP contribution in [0.1, 0.15) is 38.2 Å². The van der Waals surface area contributed by atoms with E-state index in [1.165, 1.54) is 31.7 Å². The topological polar surface area (TPSA) is 12.0 Å². The van der Waals surface area contributed by atoms with Crippen molar-refractivity contribution in [3.8, 4) is 0 Å². The second kappa shape index (κ2) is 6.71. The summed E-state index contributed by atoms with van der Waals surface area (Å²) in [5, 5.41) is 3.66. The zero-order chi connectivity index (χ0) is 13.8. The summed E-state index contributed by atoms with van der Waals surface area (Å²) in [5.41, 5.74) is 1.12. The molecule has 0 heterocycles. The highest BCUT2D eigenvalue weighted by Gasteiger charge is 2.29. The van der Waals surface area contributed by atoms with Crippen molar-refractivity contribution >= 4 is 11.6 Å². The van der Waals surface area contributed by atoms with E-state index in [0.29, 0.717) is 6.04 Å². The molecule has 2 rings (SSSR count). The van der Waals surface area contributed by atoms with E-state index in [2.05, 4.69) is 12.2 Å². The lowest BCUT2D eigenvalue weighted by Gasteiger charge is -2.23. The van der Waals surface area contributed by atoms with Crippen LogP contribution >= 0.6 is 11.6 Å². The molecule has 1 N–H and O–H groups in total. The maximum atomic E-state index is 13.2. The summed E-state index contributed by atoms with van der Waals surface area (Å²) in [6, 6.07) is 5.54. The first kappa shape index (κ1) is 14.8. The molecule has 1 aromatic rings. The first-order chi connectivity index (χ1) is 9.13. The average molecular weight is 284 g/mol. The lowest BCUT2D eigenvalue weighted by molar-refractivity contribution is 0.361. The molecule has 0 aliphatic heterocycles. The lowest BCUT2D eigenvalue weighted by atomic mass is 9.91. The normalized spacial score (nSPS) is 24.6. The predicted octanol–water partition coefficient (Wildman–Crippen LogP) is 4.44. The SMILES string of the molecule is CCC1CCC(C(Cc2ccc(F)c(Cl)c2)NC)C1. The van der Waals surface area contributed by atoms with Crippen molar-refractivity contribution in [1.29, 1.82) is 0 Å². The van der Waals surface area contributed by atoms with Gasteiger partial charge in [-0.1, -0.05) is 37.4 Å². The van der Waals surface area contributed by atoms with E-state index >= 15 is 0 Å². The minimum Gasteiger partial charge on any atom is -0.316 e. The Balaban J connectivity index is 2.00. The number of hydrogen-bond acceptors (Lipinski definition) is 1. The van der Waals surface area contributed by atoms with Crippen LogP contribution in [-0.2, 0) is 6.42 Å². The Hall–Kier alpha value is -0.600. The molecule has 106 valence electrons. The first-order valence-electron chi connectivity index (χ1n) is 7.25. The van der Waals surface area contributed by atoms with Gasteiger partial charge in [-0.3, -0.25) is 0 Å². The summed E-state index contributed by atoms with van der Waals surface area (Å²) in [6.07, 6.45) is 6.19. The molecule has 1 nitrogen and oxygen atoms in total. The number of rotatable bonds is 5. The fraction of sp³-hybridized carbons (Fsp3) is 0.625. The Kier molecular flexibility index (Phi) is 5.23. The number of hydrogen-bond donors (Lipinski definition) is 1. The molecule has 0 saturated heterocycles. The Bertz CT molecular complexity index is 421. The van der Waals surface area contributed by atoms with E-state index < -0.39 is 0 Å². The van der Waals surface area contributed by atoms with Crippen molar-refractivity contribution in [2.75, 3.05) is 7.05 Å². The van der Waals surface area contributed by atoms with Crippen LogP contribution in [0.25, 0.3) is 0 Å². The molecule has 1 aromatic carbocycles. The van der Waals surface area contributed by atoms with Crippen molar-refractivity contribution in [2.45, 2.75) is 45.1 Å². The van der Waals surface area contributed by atoms with Crippen LogP contribution in [0.4, 0.5) is 4.39 Å². The van der Waals surface area contributed by atoms with Gasteiger partial charge in [0.05, 0.1) is 5.02 Å². The summed E-state index contributed by atoms with van der Waals surface area (Å²) >= 11 is 5.85. The maximum absolute atomic E-state index is 13.2. The second-order valence-corrected chi connectivity index (χ2v) is 6.10. The molecule has 19 heavy (non-hydrogen) atoms. The van der Waals surface area contributed by atoms with E-state index in [0.717, 1.165) is 23.8 Å². The molecule has 1 aliphatic rings. The molecule has 0 bridgehead atoms. The van der Waals surface area contributed by atoms with Crippen molar-refractivity contribution in [1.82, 2.24) is 5.32 Å². The predicted molar refractivity (Wildman–Crippen MR) is 79.1 cm³/mol. The molecule has 1 fully saturated rings. The Morgan fingerprint density at radius 1 is 1.42 bits per heavy atom. The molecule has 1 saturated carbocycles. The van der Waals surface area contributed by atoms with Crippen LogP contribution in [-0.4, -0.2) is 13.1 Å². The zero-order valence-electron chi connectivity index (χ0n) is 11.8. The van der Waals surface area contributed by atoms with Crippen molar-refractivity contribution in [2.24, 2.45) is 11.8 Å². The van der Waals surface area contributed by atoms with Gasteiger partial charge in [-0.15, -0.1) is 0 Å². The third-order valence-electron chi connectivity index (χ3n) is 4.54. The van der Waals surface area contributed by atoms with Crippen LogP contribution < -0.4 is 5.32 Å². The van der Waals surface area contributed by atoms with Crippen molar-refractivity contribution in [3.63, 3.8) is 0 Å². The zero-order valence-corrected chi connectivity index (χ0v) is 12.5. The summed E-state index contributed by atoms with van der Waals surface area (Å²) in [5.74, 6) is 1.29. The van der Waals surface area contributed by atoms with Gasteiger partial charge in [0.2, 0.25) is 0 Å². The fourth-order valence-electron chi connectivity index (χ4n) is 3.27. The first-order valence-corrected chi connectivity index (χ1v) is 7.63. The molecule has 1 aliphatic carbocycles. The van der Waals surface area contributed by atoms with Crippen LogP contribution in [0, 0.1) is 17.7 Å². The summed E-state index contributed by atoms with van der Waals surface area (Å²) in [4.78, 5) is 0. The summed E-state index contributed by atoms with van der Waals surface area (Å²) in [7, 11) is 2.02. The Morgan fingerprint density at radius 2 is 2.21 bits per heavy atom. The third kappa shape index (κ3) is 3.70. The Morgan fingerprint density at radius 3 is 2.79 bits per heavy atom. The molecular formula is C16H23ClFN. The largest absolute Gasteiger partial charge is 0.316 e. The molecule has 0 radical (unpaired) electrons. The molecule has 3 heteroatoms. The maximum Gasteiger partial charge on any atom is 0.141 e. The smallest absolute Gasteiger partial charge is 0.141 e. The van der Waals surface area contributed by atoms with Gasteiger partial charge in [-0.25, -0.2) is 4.39 Å². The number of benzene rings is 1. The molecule has 3 unspecified atom stereocenters. The van der Waals surface area contributed by atoms with Gasteiger partial charge >= 0.3 is 0 Å². The van der Waals surface area contributed by atoms with Crippen molar-refractivity contribution in [3.05, 3.63) is 34.6 Å². The van der Waals surface area contributed by atoms with E-state index in [-0.39, 0.29) is 10.8 Å². The van der Waals surface area contributed by atoms with E-state index in [1.54, 1.807) is 6.07 Å². The van der Waals surface area contributed by atoms with Gasteiger partial charge in [0.25, 0.3) is 0 Å². The average Bonchev–Trinajstić information content (AvgIpc) is 2.88. The standard InChI is InChI=1S/C16H23ClFN/c1-3-11-4-6-13(8-11)16(19-2)10-12-5-7-15(18)14(17)9-12/h5,7,9,11,13,16,19H,3-4,6,8,10H2,1-2H3. The van der Waals surface area contributed by atoms with E-state index in [9.17, 15) is 4.39 Å². The highest BCUT2D eigenvalue weighted by molar-refractivity contribution is 6.30. The van der Waals surface area contributed by atoms with Gasteiger partial charge in [0.15, 0.2) is 0 Å². The second-order valence-electron chi connectivity index (χ2n) is 5.70. The minimum atomic E-state index is -0.335. The van der Waals surface area contributed by atoms with Gasteiger partial charge in [0.1, 0.15) is 5.82 Å². The molecule has 0 amide bonds. The quantitative estimate of drug-likeness (QED) is 0.843. The van der Waals surface area contributed by atoms with E-state index in [4.69, 9.17) is 11.6 Å². The third-order valence-corrected chi connectivity index (χ3v) is 4.83. The number of nitrogens with one attached hydrogen (secondary N) is 1. The molecular weight excluding hydrogens is 261 g/mol. The van der Waals surface area contributed by atoms with Gasteiger partial charge in [-0.05, 0) is 55.8 Å². The monoisotopic (exact) mass is 283 g/mol. The number of halogens is 2. The van der Waals surface area contributed by atoms with Crippen LogP contribution in [0.15, 0.2) is 18.2 Å². The fourth-order valence-corrected chi connectivity index (χ4v) is 3.48.